The van der Waals surface area contributed by atoms with Crippen molar-refractivity contribution >= 4 is 0 Å². The van der Waals surface area contributed by atoms with Crippen LogP contribution in [0.25, 0.3) is 0 Å². The molecule has 0 spiro atoms. The van der Waals surface area contributed by atoms with Crippen molar-refractivity contribution < 1.29 is 15.3 Å². The first-order chi connectivity index (χ1) is 14.6. The van der Waals surface area contributed by atoms with Crippen LogP contribution in [0, 0.1) is 0 Å². The third-order valence-electron chi connectivity index (χ3n) is 6.40. The van der Waals surface area contributed by atoms with E-state index in [0.717, 1.165) is 12.8 Å². The number of nitrogens with two attached hydrogens (primary N) is 1. The molecule has 0 aliphatic heterocycles. The fraction of sp³-hybridized carbons (Fsp3) is 1.00. The van der Waals surface area contributed by atoms with Gasteiger partial charge in [0.1, 0.15) is 0 Å². The smallest absolute Gasteiger partial charge is 0.0971 e. The van der Waals surface area contributed by atoms with Crippen LogP contribution in [-0.2, 0) is 0 Å². The van der Waals surface area contributed by atoms with Crippen LogP contribution >= 0.6 is 0 Å². The van der Waals surface area contributed by atoms with Crippen molar-refractivity contribution in [3.05, 3.63) is 0 Å². The van der Waals surface area contributed by atoms with Crippen LogP contribution in [0.2, 0.25) is 0 Å². The van der Waals surface area contributed by atoms with E-state index in [1.807, 2.05) is 0 Å². The molecular weight excluding hydrogens is 374 g/mol. The van der Waals surface area contributed by atoms with Gasteiger partial charge in [0.25, 0.3) is 0 Å². The van der Waals surface area contributed by atoms with E-state index in [4.69, 9.17) is 10.8 Å². The van der Waals surface area contributed by atoms with E-state index < -0.39 is 18.2 Å². The average molecular weight is 430 g/mol. The molecule has 0 fully saturated rings. The lowest BCUT2D eigenvalue weighted by Gasteiger charge is -2.22. The van der Waals surface area contributed by atoms with Gasteiger partial charge in [-0.15, -0.1) is 0 Å². The predicted molar refractivity (Wildman–Crippen MR) is 130 cm³/mol. The molecule has 4 nitrogen and oxygen atoms in total. The van der Waals surface area contributed by atoms with Crippen molar-refractivity contribution in [3.63, 3.8) is 0 Å². The summed E-state index contributed by atoms with van der Waals surface area (Å²) in [6.45, 7) is 1.99. The third-order valence-corrected chi connectivity index (χ3v) is 6.40. The van der Waals surface area contributed by atoms with Crippen LogP contribution in [0.15, 0.2) is 0 Å². The summed E-state index contributed by atoms with van der Waals surface area (Å²) in [5.41, 5.74) is 5.54. The minimum absolute atomic E-state index is 0.294. The van der Waals surface area contributed by atoms with E-state index in [1.165, 1.54) is 116 Å². The third kappa shape index (κ3) is 19.8. The van der Waals surface area contributed by atoms with E-state index >= 15 is 0 Å². The molecule has 0 heterocycles. The average Bonchev–Trinajstić information content (AvgIpc) is 2.76. The van der Waals surface area contributed by atoms with Crippen molar-refractivity contribution in [1.29, 1.82) is 0 Å². The van der Waals surface area contributed by atoms with E-state index in [9.17, 15) is 10.2 Å². The largest absolute Gasteiger partial charge is 0.395 e. The molecule has 30 heavy (non-hydrogen) atoms. The van der Waals surface area contributed by atoms with Gasteiger partial charge in [0.05, 0.1) is 24.9 Å². The zero-order valence-corrected chi connectivity index (χ0v) is 20.2. The van der Waals surface area contributed by atoms with Gasteiger partial charge in [-0.05, 0) is 6.42 Å². The van der Waals surface area contributed by atoms with Gasteiger partial charge in [-0.25, -0.2) is 0 Å². The first kappa shape index (κ1) is 29.8. The van der Waals surface area contributed by atoms with Crippen LogP contribution in [-0.4, -0.2) is 40.2 Å². The molecule has 0 bridgehead atoms. The molecule has 0 saturated heterocycles. The molecular formula is C26H55NO3. The highest BCUT2D eigenvalue weighted by Gasteiger charge is 2.22. The number of hydrogen-bond acceptors (Lipinski definition) is 4. The molecule has 5 N–H and O–H groups in total. The Morgan fingerprint density at radius 3 is 1.13 bits per heavy atom. The summed E-state index contributed by atoms with van der Waals surface area (Å²) >= 11 is 0. The Balaban J connectivity index is 3.16. The molecule has 0 saturated carbocycles. The van der Waals surface area contributed by atoms with Gasteiger partial charge < -0.3 is 21.1 Å². The van der Waals surface area contributed by atoms with E-state index in [0.29, 0.717) is 6.42 Å². The minimum Gasteiger partial charge on any atom is -0.395 e. The number of aliphatic hydroxyl groups excluding tert-OH is 3. The fourth-order valence-electron chi connectivity index (χ4n) is 4.17. The van der Waals surface area contributed by atoms with Gasteiger partial charge in [-0.3, -0.25) is 0 Å². The molecule has 0 amide bonds. The highest BCUT2D eigenvalue weighted by molar-refractivity contribution is 4.77. The Labute approximate surface area is 188 Å². The highest BCUT2D eigenvalue weighted by Crippen LogP contribution is 2.15. The summed E-state index contributed by atoms with van der Waals surface area (Å²) in [6.07, 6.45) is 25.8. The van der Waals surface area contributed by atoms with Gasteiger partial charge in [0, 0.05) is 0 Å². The second-order valence-electron chi connectivity index (χ2n) is 9.41. The van der Waals surface area contributed by atoms with E-state index in [2.05, 4.69) is 6.92 Å². The Bertz CT molecular complexity index is 327. The number of unbranched alkanes of at least 4 members (excludes halogenated alkanes) is 19. The van der Waals surface area contributed by atoms with Gasteiger partial charge >= 0.3 is 0 Å². The molecule has 0 aromatic rings. The molecule has 0 aliphatic rings. The standard InChI is InChI=1S/C26H55NO3/c1-2-3-4-5-6-7-8-9-10-11-12-13-14-15-16-17-18-19-20-21-22-25(29)26(30)24(27)23-28/h24-26,28-30H,2-23,27H2,1H3/t24-,25+,26-/m0/s1. The number of aliphatic hydroxyl groups is 3. The quantitative estimate of drug-likeness (QED) is 0.137. The number of hydrogen-bond donors (Lipinski definition) is 4. The molecule has 0 aliphatic carbocycles. The Kier molecular flexibility index (Phi) is 23.4. The Morgan fingerprint density at radius 1 is 0.533 bits per heavy atom. The summed E-state index contributed by atoms with van der Waals surface area (Å²) < 4.78 is 0. The Hall–Kier alpha value is -0.160. The topological polar surface area (TPSA) is 86.7 Å². The summed E-state index contributed by atoms with van der Waals surface area (Å²) in [7, 11) is 0. The summed E-state index contributed by atoms with van der Waals surface area (Å²) in [6, 6.07) is -0.745. The van der Waals surface area contributed by atoms with Crippen molar-refractivity contribution in [2.75, 3.05) is 6.61 Å². The van der Waals surface area contributed by atoms with Crippen LogP contribution in [0.3, 0.4) is 0 Å². The monoisotopic (exact) mass is 429 g/mol. The van der Waals surface area contributed by atoms with Gasteiger partial charge in [-0.2, -0.15) is 0 Å². The highest BCUT2D eigenvalue weighted by atomic mass is 16.3. The number of rotatable bonds is 24. The first-order valence-corrected chi connectivity index (χ1v) is 13.4. The normalized spacial score (nSPS) is 14.7. The molecule has 4 heteroatoms. The molecule has 0 rings (SSSR count). The van der Waals surface area contributed by atoms with Crippen LogP contribution in [0.5, 0.6) is 0 Å². The fourth-order valence-corrected chi connectivity index (χ4v) is 4.17. The van der Waals surface area contributed by atoms with Crippen molar-refractivity contribution in [3.8, 4) is 0 Å². The van der Waals surface area contributed by atoms with Crippen LogP contribution in [0.1, 0.15) is 142 Å². The van der Waals surface area contributed by atoms with Crippen LogP contribution in [0.4, 0.5) is 0 Å². The maximum absolute atomic E-state index is 9.83. The lowest BCUT2D eigenvalue weighted by molar-refractivity contribution is -0.0121. The lowest BCUT2D eigenvalue weighted by atomic mass is 10.00. The lowest BCUT2D eigenvalue weighted by Crippen LogP contribution is -2.45. The first-order valence-electron chi connectivity index (χ1n) is 13.4. The van der Waals surface area contributed by atoms with E-state index in [1.54, 1.807) is 0 Å². The summed E-state index contributed by atoms with van der Waals surface area (Å²) in [5, 5.41) is 28.4. The molecule has 0 aromatic heterocycles. The predicted octanol–water partition coefficient (Wildman–Crippen LogP) is 6.24. The molecule has 0 unspecified atom stereocenters. The Morgan fingerprint density at radius 2 is 0.833 bits per heavy atom. The molecule has 0 radical (unpaired) electrons. The van der Waals surface area contributed by atoms with E-state index in [-0.39, 0.29) is 6.61 Å². The second kappa shape index (κ2) is 23.5. The zero-order valence-electron chi connectivity index (χ0n) is 20.2. The second-order valence-corrected chi connectivity index (χ2v) is 9.41. The van der Waals surface area contributed by atoms with Crippen LogP contribution < -0.4 is 5.73 Å². The molecule has 0 aromatic carbocycles. The van der Waals surface area contributed by atoms with Gasteiger partial charge in [0.2, 0.25) is 0 Å². The maximum Gasteiger partial charge on any atom is 0.0971 e. The van der Waals surface area contributed by atoms with Crippen molar-refractivity contribution in [1.82, 2.24) is 0 Å². The van der Waals surface area contributed by atoms with Crippen molar-refractivity contribution in [2.24, 2.45) is 5.73 Å². The molecule has 182 valence electrons. The van der Waals surface area contributed by atoms with Gasteiger partial charge in [-0.1, -0.05) is 135 Å². The molecule has 3 atom stereocenters. The maximum atomic E-state index is 9.83. The summed E-state index contributed by atoms with van der Waals surface area (Å²) in [5.74, 6) is 0. The van der Waals surface area contributed by atoms with Gasteiger partial charge in [0.15, 0.2) is 0 Å². The SMILES string of the molecule is CCCCCCCCCCCCCCCCCCCCCC[C@@H](O)[C@@H](O)[C@@H](N)CO. The minimum atomic E-state index is -1.02. The zero-order chi connectivity index (χ0) is 22.3. The summed E-state index contributed by atoms with van der Waals surface area (Å²) in [4.78, 5) is 0. The van der Waals surface area contributed by atoms with Crippen molar-refractivity contribution in [2.45, 2.75) is 160 Å².